The van der Waals surface area contributed by atoms with Crippen molar-refractivity contribution in [1.82, 2.24) is 4.90 Å². The number of nitrogens with zero attached hydrogens (tertiary/aromatic N) is 1. The summed E-state index contributed by atoms with van der Waals surface area (Å²) in [6.45, 7) is 4.95. The molecule has 0 unspecified atom stereocenters. The van der Waals surface area contributed by atoms with Crippen molar-refractivity contribution in [2.24, 2.45) is 0 Å². The van der Waals surface area contributed by atoms with Gasteiger partial charge in [-0.05, 0) is 24.8 Å². The molecule has 0 atom stereocenters. The number of hydrogen-bond donors (Lipinski definition) is 0. The molecule has 1 fully saturated rings. The molecule has 1 heterocycles. The first-order valence-electron chi connectivity index (χ1n) is 5.93. The summed E-state index contributed by atoms with van der Waals surface area (Å²) in [6.07, 6.45) is 2.75. The second-order valence-corrected chi connectivity index (χ2v) is 4.22. The number of likely N-dealkylation sites (tertiary alicyclic amines) is 1. The predicted octanol–water partition coefficient (Wildman–Crippen LogP) is 3.32. The van der Waals surface area contributed by atoms with Gasteiger partial charge in [-0.3, -0.25) is 4.90 Å². The lowest BCUT2D eigenvalue weighted by Gasteiger charge is -2.28. The van der Waals surface area contributed by atoms with Crippen molar-refractivity contribution in [3.8, 4) is 0 Å². The first kappa shape index (κ1) is 11.7. The number of amides is 1. The third-order valence-corrected chi connectivity index (χ3v) is 2.90. The first-order chi connectivity index (χ1) is 8.27. The normalized spacial score (nSPS) is 15.8. The molecule has 1 amide bonds. The van der Waals surface area contributed by atoms with Crippen LogP contribution in [0.15, 0.2) is 42.6 Å². The van der Waals surface area contributed by atoms with Gasteiger partial charge in [0.1, 0.15) is 6.61 Å². The zero-order valence-electron chi connectivity index (χ0n) is 9.89. The number of ether oxygens (including phenoxy) is 1. The minimum absolute atomic E-state index is 0.279. The van der Waals surface area contributed by atoms with E-state index in [1.165, 1.54) is 0 Å². The van der Waals surface area contributed by atoms with Gasteiger partial charge in [0.25, 0.3) is 0 Å². The lowest BCUT2D eigenvalue weighted by molar-refractivity contribution is 0.102. The molecule has 1 aromatic carbocycles. The van der Waals surface area contributed by atoms with Crippen molar-refractivity contribution in [2.45, 2.75) is 25.9 Å². The van der Waals surface area contributed by atoms with Crippen LogP contribution >= 0.6 is 0 Å². The molecule has 3 nitrogen and oxygen atoms in total. The van der Waals surface area contributed by atoms with Crippen LogP contribution in [0.25, 0.3) is 0 Å². The molecular formula is C14H17NO2. The summed E-state index contributed by atoms with van der Waals surface area (Å²) in [6, 6.07) is 9.69. The predicted molar refractivity (Wildman–Crippen MR) is 66.3 cm³/mol. The molecule has 0 aromatic heterocycles. The minimum Gasteiger partial charge on any atom is -0.444 e. The Hall–Kier alpha value is -1.77. The number of carbonyl (C=O) groups excluding carboxylic acids is 1. The van der Waals surface area contributed by atoms with Gasteiger partial charge in [-0.15, -0.1) is 0 Å². The van der Waals surface area contributed by atoms with E-state index in [2.05, 4.69) is 6.58 Å². The van der Waals surface area contributed by atoms with E-state index in [0.717, 1.165) is 37.1 Å². The highest BCUT2D eigenvalue weighted by Gasteiger charge is 2.20. The van der Waals surface area contributed by atoms with E-state index in [9.17, 15) is 4.79 Å². The van der Waals surface area contributed by atoms with Gasteiger partial charge in [0.05, 0.1) is 0 Å². The zero-order valence-corrected chi connectivity index (χ0v) is 9.89. The van der Waals surface area contributed by atoms with Gasteiger partial charge in [-0.1, -0.05) is 36.9 Å². The van der Waals surface area contributed by atoms with Crippen molar-refractivity contribution in [2.75, 3.05) is 6.54 Å². The van der Waals surface area contributed by atoms with Crippen LogP contribution in [-0.4, -0.2) is 17.5 Å². The second kappa shape index (κ2) is 5.53. The molecule has 1 saturated heterocycles. The fraction of sp³-hybridized carbons (Fsp3) is 0.357. The highest BCUT2D eigenvalue weighted by Crippen LogP contribution is 2.19. The summed E-state index contributed by atoms with van der Waals surface area (Å²) in [4.78, 5) is 13.5. The van der Waals surface area contributed by atoms with E-state index in [0.29, 0.717) is 6.61 Å². The van der Waals surface area contributed by atoms with Crippen LogP contribution in [0.2, 0.25) is 0 Å². The van der Waals surface area contributed by atoms with E-state index in [-0.39, 0.29) is 6.09 Å². The molecule has 0 spiro atoms. The summed E-state index contributed by atoms with van der Waals surface area (Å²) < 4.78 is 5.26. The van der Waals surface area contributed by atoms with Crippen LogP contribution < -0.4 is 0 Å². The highest BCUT2D eigenvalue weighted by atomic mass is 16.6. The Kier molecular flexibility index (Phi) is 3.81. The van der Waals surface area contributed by atoms with E-state index < -0.39 is 0 Å². The lowest BCUT2D eigenvalue weighted by Crippen LogP contribution is -2.33. The van der Waals surface area contributed by atoms with Crippen molar-refractivity contribution in [3.05, 3.63) is 48.2 Å². The standard InChI is InChI=1S/C14H17NO2/c1-12-7-5-6-10-15(12)14(16)17-11-13-8-3-2-4-9-13/h2-4,8-9H,1,5-7,10-11H2. The third kappa shape index (κ3) is 3.09. The quantitative estimate of drug-likeness (QED) is 0.781. The summed E-state index contributed by atoms with van der Waals surface area (Å²) >= 11 is 0. The van der Waals surface area contributed by atoms with Crippen LogP contribution in [0.3, 0.4) is 0 Å². The van der Waals surface area contributed by atoms with Crippen LogP contribution in [0.5, 0.6) is 0 Å². The van der Waals surface area contributed by atoms with E-state index in [4.69, 9.17) is 4.74 Å². The third-order valence-electron chi connectivity index (χ3n) is 2.90. The number of hydrogen-bond acceptors (Lipinski definition) is 2. The van der Waals surface area contributed by atoms with Crippen molar-refractivity contribution < 1.29 is 9.53 Å². The summed E-state index contributed by atoms with van der Waals surface area (Å²) in [5.74, 6) is 0. The molecule has 90 valence electrons. The Balaban J connectivity index is 1.87. The maximum absolute atomic E-state index is 11.8. The fourth-order valence-corrected chi connectivity index (χ4v) is 1.91. The molecular weight excluding hydrogens is 214 g/mol. The van der Waals surface area contributed by atoms with Gasteiger partial charge < -0.3 is 4.74 Å². The number of benzene rings is 1. The van der Waals surface area contributed by atoms with Crippen LogP contribution in [0, 0.1) is 0 Å². The number of carbonyl (C=O) groups is 1. The topological polar surface area (TPSA) is 29.5 Å². The van der Waals surface area contributed by atoms with Crippen molar-refractivity contribution >= 4 is 6.09 Å². The summed E-state index contributed by atoms with van der Waals surface area (Å²) in [5, 5.41) is 0. The number of rotatable bonds is 2. The Morgan fingerprint density at radius 1 is 1.29 bits per heavy atom. The molecule has 2 rings (SSSR count). The summed E-state index contributed by atoms with van der Waals surface area (Å²) in [5.41, 5.74) is 1.87. The molecule has 0 saturated carbocycles. The van der Waals surface area contributed by atoms with Crippen LogP contribution in [0.4, 0.5) is 4.79 Å². The van der Waals surface area contributed by atoms with Gasteiger partial charge in [0.15, 0.2) is 0 Å². The molecule has 0 aliphatic carbocycles. The largest absolute Gasteiger partial charge is 0.444 e. The molecule has 3 heteroatoms. The molecule has 1 aromatic rings. The number of allylic oxidation sites excluding steroid dienone is 1. The maximum atomic E-state index is 11.8. The molecule has 1 aliphatic rings. The number of piperidine rings is 1. The van der Waals surface area contributed by atoms with Gasteiger partial charge in [-0.2, -0.15) is 0 Å². The smallest absolute Gasteiger partial charge is 0.414 e. The average Bonchev–Trinajstić information content (AvgIpc) is 2.38. The fourth-order valence-electron chi connectivity index (χ4n) is 1.91. The Morgan fingerprint density at radius 2 is 2.06 bits per heavy atom. The van der Waals surface area contributed by atoms with Crippen molar-refractivity contribution in [1.29, 1.82) is 0 Å². The Labute approximate surface area is 102 Å². The van der Waals surface area contributed by atoms with Gasteiger partial charge >= 0.3 is 6.09 Å². The maximum Gasteiger partial charge on any atom is 0.414 e. The Bertz CT molecular complexity index is 400. The Morgan fingerprint density at radius 3 is 2.76 bits per heavy atom. The SMILES string of the molecule is C=C1CCCCN1C(=O)OCc1ccccc1. The average molecular weight is 231 g/mol. The minimum atomic E-state index is -0.279. The molecule has 1 aliphatic heterocycles. The zero-order chi connectivity index (χ0) is 12.1. The van der Waals surface area contributed by atoms with Crippen LogP contribution in [0.1, 0.15) is 24.8 Å². The monoisotopic (exact) mass is 231 g/mol. The highest BCUT2D eigenvalue weighted by molar-refractivity contribution is 5.70. The first-order valence-corrected chi connectivity index (χ1v) is 5.93. The molecule has 0 N–H and O–H groups in total. The van der Waals surface area contributed by atoms with Gasteiger partial charge in [0, 0.05) is 12.2 Å². The summed E-state index contributed by atoms with van der Waals surface area (Å²) in [7, 11) is 0. The van der Waals surface area contributed by atoms with E-state index >= 15 is 0 Å². The molecule has 17 heavy (non-hydrogen) atoms. The second-order valence-electron chi connectivity index (χ2n) is 4.22. The van der Waals surface area contributed by atoms with Crippen molar-refractivity contribution in [3.63, 3.8) is 0 Å². The lowest BCUT2D eigenvalue weighted by atomic mass is 10.1. The van der Waals surface area contributed by atoms with Gasteiger partial charge in [0.2, 0.25) is 0 Å². The van der Waals surface area contributed by atoms with E-state index in [1.807, 2.05) is 30.3 Å². The van der Waals surface area contributed by atoms with E-state index in [1.54, 1.807) is 4.90 Å². The van der Waals surface area contributed by atoms with Crippen LogP contribution in [-0.2, 0) is 11.3 Å². The van der Waals surface area contributed by atoms with Gasteiger partial charge in [-0.25, -0.2) is 4.79 Å². The molecule has 0 bridgehead atoms. The molecule has 0 radical (unpaired) electrons.